The summed E-state index contributed by atoms with van der Waals surface area (Å²) < 4.78 is 0. The molecule has 5 nitrogen and oxygen atoms in total. The molecule has 1 aromatic rings. The lowest BCUT2D eigenvalue weighted by molar-refractivity contribution is -0.384. The van der Waals surface area contributed by atoms with Crippen molar-refractivity contribution in [2.75, 3.05) is 5.32 Å². The van der Waals surface area contributed by atoms with Gasteiger partial charge in [0.05, 0.1) is 4.92 Å². The van der Waals surface area contributed by atoms with Crippen molar-refractivity contribution in [2.24, 2.45) is 11.8 Å². The van der Waals surface area contributed by atoms with E-state index in [1.54, 1.807) is 12.3 Å². The van der Waals surface area contributed by atoms with E-state index in [1.807, 2.05) is 0 Å². The average Bonchev–Trinajstić information content (AvgIpc) is 2.33. The number of pyridine rings is 1. The van der Waals surface area contributed by atoms with E-state index in [1.165, 1.54) is 12.5 Å². The van der Waals surface area contributed by atoms with Gasteiger partial charge in [-0.25, -0.2) is 4.98 Å². The zero-order chi connectivity index (χ0) is 13.1. The first-order valence-corrected chi connectivity index (χ1v) is 6.44. The number of hydrogen-bond donors (Lipinski definition) is 1. The van der Waals surface area contributed by atoms with E-state index in [9.17, 15) is 10.1 Å². The van der Waals surface area contributed by atoms with Crippen LogP contribution in [0.5, 0.6) is 0 Å². The van der Waals surface area contributed by atoms with Crippen LogP contribution in [0.2, 0.25) is 0 Å². The summed E-state index contributed by atoms with van der Waals surface area (Å²) >= 11 is 0. The minimum Gasteiger partial charge on any atom is -0.361 e. The van der Waals surface area contributed by atoms with Crippen LogP contribution in [0.15, 0.2) is 18.3 Å². The molecular formula is C13H19N3O2. The molecular weight excluding hydrogens is 230 g/mol. The lowest BCUT2D eigenvalue weighted by Gasteiger charge is -2.33. The van der Waals surface area contributed by atoms with Crippen molar-refractivity contribution < 1.29 is 4.92 Å². The Morgan fingerprint density at radius 2 is 2.22 bits per heavy atom. The van der Waals surface area contributed by atoms with Gasteiger partial charge in [0.1, 0.15) is 0 Å². The second-order valence-electron chi connectivity index (χ2n) is 5.27. The second-order valence-corrected chi connectivity index (χ2v) is 5.27. The molecule has 0 saturated heterocycles. The summed E-state index contributed by atoms with van der Waals surface area (Å²) in [6.07, 6.45) is 4.97. The molecule has 0 aromatic carbocycles. The van der Waals surface area contributed by atoms with Crippen LogP contribution in [0.4, 0.5) is 11.5 Å². The van der Waals surface area contributed by atoms with Gasteiger partial charge < -0.3 is 5.32 Å². The van der Waals surface area contributed by atoms with E-state index in [4.69, 9.17) is 0 Å². The van der Waals surface area contributed by atoms with Crippen LogP contribution in [-0.2, 0) is 0 Å². The van der Waals surface area contributed by atoms with Gasteiger partial charge in [-0.05, 0) is 37.2 Å². The summed E-state index contributed by atoms with van der Waals surface area (Å²) in [7, 11) is 0. The van der Waals surface area contributed by atoms with Gasteiger partial charge in [-0.3, -0.25) is 10.1 Å². The topological polar surface area (TPSA) is 68.1 Å². The Morgan fingerprint density at radius 1 is 1.44 bits per heavy atom. The van der Waals surface area contributed by atoms with Gasteiger partial charge in [0.25, 0.3) is 0 Å². The van der Waals surface area contributed by atoms with Gasteiger partial charge in [0, 0.05) is 18.3 Å². The molecule has 1 N–H and O–H groups in total. The molecule has 1 heterocycles. The van der Waals surface area contributed by atoms with E-state index in [0.29, 0.717) is 11.7 Å². The highest BCUT2D eigenvalue weighted by Crippen LogP contribution is 2.32. The summed E-state index contributed by atoms with van der Waals surface area (Å²) in [6, 6.07) is 3.37. The molecule has 1 fully saturated rings. The lowest BCUT2D eigenvalue weighted by atomic mass is 9.80. The predicted octanol–water partition coefficient (Wildman–Crippen LogP) is 3.23. The molecule has 0 amide bonds. The minimum absolute atomic E-state index is 0.0586. The SMILES string of the molecule is CC1CCC(Nc2ncccc2[N+](=O)[O-])C(C)C1. The van der Waals surface area contributed by atoms with Crippen molar-refractivity contribution in [3.05, 3.63) is 28.4 Å². The van der Waals surface area contributed by atoms with Gasteiger partial charge in [-0.2, -0.15) is 0 Å². The highest BCUT2D eigenvalue weighted by molar-refractivity contribution is 5.55. The molecule has 0 spiro atoms. The van der Waals surface area contributed by atoms with E-state index in [0.717, 1.165) is 18.8 Å². The molecule has 5 heteroatoms. The number of aromatic nitrogens is 1. The lowest BCUT2D eigenvalue weighted by Crippen LogP contribution is -2.33. The van der Waals surface area contributed by atoms with E-state index in [2.05, 4.69) is 24.1 Å². The van der Waals surface area contributed by atoms with Gasteiger partial charge in [-0.1, -0.05) is 13.8 Å². The minimum atomic E-state index is -0.383. The first kappa shape index (κ1) is 12.8. The highest BCUT2D eigenvalue weighted by atomic mass is 16.6. The largest absolute Gasteiger partial charge is 0.361 e. The molecule has 1 aliphatic carbocycles. The quantitative estimate of drug-likeness (QED) is 0.659. The van der Waals surface area contributed by atoms with Crippen LogP contribution in [0.3, 0.4) is 0 Å². The maximum atomic E-state index is 10.9. The van der Waals surface area contributed by atoms with Crippen LogP contribution in [-0.4, -0.2) is 15.9 Å². The van der Waals surface area contributed by atoms with Crippen molar-refractivity contribution >= 4 is 11.5 Å². The average molecular weight is 249 g/mol. The molecule has 3 atom stereocenters. The molecule has 1 aliphatic rings. The number of anilines is 1. The Morgan fingerprint density at radius 3 is 2.89 bits per heavy atom. The third-order valence-electron chi connectivity index (χ3n) is 3.74. The van der Waals surface area contributed by atoms with Gasteiger partial charge >= 0.3 is 5.69 Å². The Kier molecular flexibility index (Phi) is 3.79. The summed E-state index contributed by atoms with van der Waals surface area (Å²) in [5, 5.41) is 14.2. The number of nitro groups is 1. The maximum absolute atomic E-state index is 10.9. The molecule has 0 radical (unpaired) electrons. The molecule has 2 rings (SSSR count). The van der Waals surface area contributed by atoms with Gasteiger partial charge in [0.2, 0.25) is 5.82 Å². The zero-order valence-corrected chi connectivity index (χ0v) is 10.8. The third-order valence-corrected chi connectivity index (χ3v) is 3.74. The smallest absolute Gasteiger partial charge is 0.311 e. The second kappa shape index (κ2) is 5.33. The molecule has 98 valence electrons. The Hall–Kier alpha value is -1.65. The fraction of sp³-hybridized carbons (Fsp3) is 0.615. The van der Waals surface area contributed by atoms with Crippen molar-refractivity contribution in [1.29, 1.82) is 0 Å². The normalized spacial score (nSPS) is 27.8. The Balaban J connectivity index is 2.12. The molecule has 0 bridgehead atoms. The number of rotatable bonds is 3. The first-order chi connectivity index (χ1) is 8.58. The number of nitrogens with one attached hydrogen (secondary N) is 1. The molecule has 0 aliphatic heterocycles. The van der Waals surface area contributed by atoms with E-state index in [-0.39, 0.29) is 16.7 Å². The fourth-order valence-corrected chi connectivity index (χ4v) is 2.71. The summed E-state index contributed by atoms with van der Waals surface area (Å²) in [6.45, 7) is 4.46. The van der Waals surface area contributed by atoms with Gasteiger partial charge in [0.15, 0.2) is 0 Å². The molecule has 1 aromatic heterocycles. The van der Waals surface area contributed by atoms with Crippen molar-refractivity contribution in [3.63, 3.8) is 0 Å². The number of hydrogen-bond acceptors (Lipinski definition) is 4. The van der Waals surface area contributed by atoms with Crippen LogP contribution in [0, 0.1) is 22.0 Å². The first-order valence-electron chi connectivity index (χ1n) is 6.44. The Labute approximate surface area is 107 Å². The Bertz CT molecular complexity index is 436. The van der Waals surface area contributed by atoms with Crippen LogP contribution in [0.1, 0.15) is 33.1 Å². The van der Waals surface area contributed by atoms with Crippen LogP contribution >= 0.6 is 0 Å². The zero-order valence-electron chi connectivity index (χ0n) is 10.8. The monoisotopic (exact) mass is 249 g/mol. The predicted molar refractivity (Wildman–Crippen MR) is 70.5 cm³/mol. The van der Waals surface area contributed by atoms with Crippen molar-refractivity contribution in [2.45, 2.75) is 39.2 Å². The summed E-state index contributed by atoms with van der Waals surface area (Å²) in [4.78, 5) is 14.6. The van der Waals surface area contributed by atoms with Gasteiger partial charge in [-0.15, -0.1) is 0 Å². The van der Waals surface area contributed by atoms with Crippen LogP contribution < -0.4 is 5.32 Å². The fourth-order valence-electron chi connectivity index (χ4n) is 2.71. The number of nitrogens with zero attached hydrogens (tertiary/aromatic N) is 2. The third kappa shape index (κ3) is 2.78. The van der Waals surface area contributed by atoms with Crippen molar-refractivity contribution in [1.82, 2.24) is 4.98 Å². The summed E-state index contributed by atoms with van der Waals surface area (Å²) in [5.41, 5.74) is 0.0586. The summed E-state index contributed by atoms with van der Waals surface area (Å²) in [5.74, 6) is 1.67. The van der Waals surface area contributed by atoms with E-state index < -0.39 is 0 Å². The highest BCUT2D eigenvalue weighted by Gasteiger charge is 2.27. The molecule has 18 heavy (non-hydrogen) atoms. The van der Waals surface area contributed by atoms with Crippen LogP contribution in [0.25, 0.3) is 0 Å². The molecule has 1 saturated carbocycles. The van der Waals surface area contributed by atoms with E-state index >= 15 is 0 Å². The maximum Gasteiger partial charge on any atom is 0.311 e. The van der Waals surface area contributed by atoms with Crippen molar-refractivity contribution in [3.8, 4) is 0 Å². The molecule has 3 unspecified atom stereocenters. The standard InChI is InChI=1S/C13H19N3O2/c1-9-5-6-11(10(2)8-9)15-13-12(16(17)18)4-3-7-14-13/h3-4,7,9-11H,5-6,8H2,1-2H3,(H,14,15).